The Bertz CT molecular complexity index is 434. The molecule has 0 fully saturated rings. The average Bonchev–Trinajstić information content (AvgIpc) is 2.41. The summed E-state index contributed by atoms with van der Waals surface area (Å²) in [6.07, 6.45) is 1.59. The Morgan fingerprint density at radius 1 is 1.33 bits per heavy atom. The Hall–Kier alpha value is -1.71. The van der Waals surface area contributed by atoms with Gasteiger partial charge in [0.25, 0.3) is 0 Å². The van der Waals surface area contributed by atoms with Crippen LogP contribution in [0.1, 0.15) is 0 Å². The van der Waals surface area contributed by atoms with Crippen molar-refractivity contribution < 1.29 is 10.2 Å². The van der Waals surface area contributed by atoms with Gasteiger partial charge in [-0.1, -0.05) is 0 Å². The predicted molar refractivity (Wildman–Crippen MR) is 44.0 cm³/mol. The monoisotopic (exact) mass is 164 g/mol. The highest BCUT2D eigenvalue weighted by Crippen LogP contribution is 2.31. The average molecular weight is 164 g/mol. The van der Waals surface area contributed by atoms with Crippen LogP contribution in [0.4, 0.5) is 0 Å². The van der Waals surface area contributed by atoms with E-state index in [4.69, 9.17) is 5.11 Å². The molecule has 0 unspecified atom stereocenters. The van der Waals surface area contributed by atoms with Gasteiger partial charge in [-0.25, -0.2) is 4.98 Å². The largest absolute Gasteiger partial charge is 0.504 e. The highest BCUT2D eigenvalue weighted by molar-refractivity contribution is 5.84. The summed E-state index contributed by atoms with van der Waals surface area (Å²) in [5.41, 5.74) is 1.22. The summed E-state index contributed by atoms with van der Waals surface area (Å²) in [6, 6.07) is 3.08. The number of aryl methyl sites for hydroxylation is 1. The third kappa shape index (κ3) is 0.747. The van der Waals surface area contributed by atoms with Crippen molar-refractivity contribution in [3.8, 4) is 11.5 Å². The van der Waals surface area contributed by atoms with Gasteiger partial charge in [-0.15, -0.1) is 0 Å². The molecule has 0 radical (unpaired) electrons. The molecule has 2 aromatic rings. The van der Waals surface area contributed by atoms with Crippen molar-refractivity contribution in [2.24, 2.45) is 7.05 Å². The minimum absolute atomic E-state index is 0.118. The number of rotatable bonds is 0. The number of aromatic hydroxyl groups is 2. The first-order valence-corrected chi connectivity index (χ1v) is 3.52. The number of hydrogen-bond donors (Lipinski definition) is 2. The van der Waals surface area contributed by atoms with E-state index in [9.17, 15) is 5.11 Å². The lowest BCUT2D eigenvalue weighted by molar-refractivity contribution is 0.406. The van der Waals surface area contributed by atoms with Gasteiger partial charge in [0.2, 0.25) is 0 Å². The van der Waals surface area contributed by atoms with E-state index in [2.05, 4.69) is 4.98 Å². The third-order valence-corrected chi connectivity index (χ3v) is 1.83. The van der Waals surface area contributed by atoms with Gasteiger partial charge in [0.15, 0.2) is 11.5 Å². The molecular weight excluding hydrogens is 156 g/mol. The van der Waals surface area contributed by atoms with Gasteiger partial charge in [0.1, 0.15) is 5.52 Å². The van der Waals surface area contributed by atoms with Crippen LogP contribution in [0.15, 0.2) is 18.5 Å². The highest BCUT2D eigenvalue weighted by Gasteiger charge is 2.08. The molecule has 0 spiro atoms. The van der Waals surface area contributed by atoms with Gasteiger partial charge in [-0.05, 0) is 12.1 Å². The molecule has 0 aliphatic rings. The molecule has 0 aliphatic carbocycles. The van der Waals surface area contributed by atoms with Crippen LogP contribution in [-0.4, -0.2) is 19.8 Å². The first-order chi connectivity index (χ1) is 5.70. The summed E-state index contributed by atoms with van der Waals surface area (Å²) in [4.78, 5) is 4.01. The van der Waals surface area contributed by atoms with Gasteiger partial charge < -0.3 is 14.8 Å². The number of fused-ring (bicyclic) bond motifs is 1. The number of phenols is 2. The number of imidazole rings is 1. The first kappa shape index (κ1) is 6.97. The van der Waals surface area contributed by atoms with Crippen LogP contribution in [0.2, 0.25) is 0 Å². The van der Waals surface area contributed by atoms with Crippen molar-refractivity contribution in [3.63, 3.8) is 0 Å². The molecule has 1 heterocycles. The minimum Gasteiger partial charge on any atom is -0.504 e. The molecule has 2 N–H and O–H groups in total. The summed E-state index contributed by atoms with van der Waals surface area (Å²) < 4.78 is 1.66. The van der Waals surface area contributed by atoms with Crippen LogP contribution in [0.25, 0.3) is 11.0 Å². The lowest BCUT2D eigenvalue weighted by Gasteiger charge is -1.99. The van der Waals surface area contributed by atoms with E-state index in [1.807, 2.05) is 0 Å². The Balaban J connectivity index is 2.96. The van der Waals surface area contributed by atoms with Crippen LogP contribution >= 0.6 is 0 Å². The second-order valence-electron chi connectivity index (χ2n) is 2.66. The zero-order valence-electron chi connectivity index (χ0n) is 6.52. The fraction of sp³-hybridized carbons (Fsp3) is 0.125. The van der Waals surface area contributed by atoms with Crippen molar-refractivity contribution >= 4 is 11.0 Å². The molecule has 0 amide bonds. The van der Waals surface area contributed by atoms with E-state index in [1.165, 1.54) is 6.07 Å². The molecule has 2 rings (SSSR count). The Morgan fingerprint density at radius 3 is 2.83 bits per heavy atom. The fourth-order valence-corrected chi connectivity index (χ4v) is 1.22. The standard InChI is InChI=1S/C8H8N2O2/c1-10-4-9-5-2-3-6(11)8(12)7(5)10/h2-4,11-12H,1H3. The summed E-state index contributed by atoms with van der Waals surface area (Å²) in [6.45, 7) is 0. The topological polar surface area (TPSA) is 58.3 Å². The maximum atomic E-state index is 9.42. The maximum Gasteiger partial charge on any atom is 0.184 e. The van der Waals surface area contributed by atoms with E-state index >= 15 is 0 Å². The van der Waals surface area contributed by atoms with Crippen LogP contribution in [-0.2, 0) is 7.05 Å². The van der Waals surface area contributed by atoms with Crippen molar-refractivity contribution in [3.05, 3.63) is 18.5 Å². The molecule has 0 atom stereocenters. The number of hydrogen-bond acceptors (Lipinski definition) is 3. The molecule has 1 aromatic carbocycles. The maximum absolute atomic E-state index is 9.42. The van der Waals surface area contributed by atoms with Crippen molar-refractivity contribution in [1.82, 2.24) is 9.55 Å². The fourth-order valence-electron chi connectivity index (χ4n) is 1.22. The van der Waals surface area contributed by atoms with Gasteiger partial charge in [-0.2, -0.15) is 0 Å². The number of nitrogens with zero attached hydrogens (tertiary/aromatic N) is 2. The SMILES string of the molecule is Cn1cnc2ccc(O)c(O)c21. The number of benzene rings is 1. The molecule has 0 aliphatic heterocycles. The zero-order valence-corrected chi connectivity index (χ0v) is 6.52. The van der Waals surface area contributed by atoms with E-state index in [-0.39, 0.29) is 11.5 Å². The molecule has 0 saturated heterocycles. The quantitative estimate of drug-likeness (QED) is 0.571. The summed E-state index contributed by atoms with van der Waals surface area (Å²) in [7, 11) is 1.76. The van der Waals surface area contributed by atoms with Gasteiger partial charge in [0.05, 0.1) is 11.8 Å². The molecule has 62 valence electrons. The van der Waals surface area contributed by atoms with Crippen molar-refractivity contribution in [2.45, 2.75) is 0 Å². The second kappa shape index (κ2) is 2.14. The highest BCUT2D eigenvalue weighted by atomic mass is 16.3. The summed E-state index contributed by atoms with van der Waals surface area (Å²) in [5, 5.41) is 18.6. The minimum atomic E-state index is -0.119. The van der Waals surface area contributed by atoms with Crippen LogP contribution < -0.4 is 0 Å². The Labute approximate surface area is 68.7 Å². The molecule has 1 aromatic heterocycles. The van der Waals surface area contributed by atoms with Crippen LogP contribution in [0.5, 0.6) is 11.5 Å². The van der Waals surface area contributed by atoms with E-state index < -0.39 is 0 Å². The zero-order chi connectivity index (χ0) is 8.72. The smallest absolute Gasteiger partial charge is 0.184 e. The van der Waals surface area contributed by atoms with Gasteiger partial charge >= 0.3 is 0 Å². The summed E-state index contributed by atoms with van der Waals surface area (Å²) in [5.74, 6) is -0.237. The van der Waals surface area contributed by atoms with Crippen molar-refractivity contribution in [1.29, 1.82) is 0 Å². The van der Waals surface area contributed by atoms with Crippen LogP contribution in [0, 0.1) is 0 Å². The lowest BCUT2D eigenvalue weighted by Crippen LogP contribution is -1.84. The van der Waals surface area contributed by atoms with Gasteiger partial charge in [-0.3, -0.25) is 0 Å². The molecule has 0 saturated carbocycles. The number of phenolic OH excluding ortho intramolecular Hbond substituents is 2. The van der Waals surface area contributed by atoms with Crippen molar-refractivity contribution in [2.75, 3.05) is 0 Å². The molecule has 12 heavy (non-hydrogen) atoms. The first-order valence-electron chi connectivity index (χ1n) is 3.52. The molecular formula is C8H8N2O2. The van der Waals surface area contributed by atoms with E-state index in [0.29, 0.717) is 11.0 Å². The summed E-state index contributed by atoms with van der Waals surface area (Å²) >= 11 is 0. The molecule has 4 heteroatoms. The Kier molecular flexibility index (Phi) is 1.24. The van der Waals surface area contributed by atoms with Crippen LogP contribution in [0.3, 0.4) is 0 Å². The van der Waals surface area contributed by atoms with Gasteiger partial charge in [0, 0.05) is 7.05 Å². The third-order valence-electron chi connectivity index (χ3n) is 1.83. The Morgan fingerprint density at radius 2 is 2.08 bits per heavy atom. The van der Waals surface area contributed by atoms with E-state index in [1.54, 1.807) is 24.0 Å². The lowest BCUT2D eigenvalue weighted by atomic mass is 10.2. The molecule has 4 nitrogen and oxygen atoms in total. The number of aromatic nitrogens is 2. The molecule has 0 bridgehead atoms. The normalized spacial score (nSPS) is 10.8. The van der Waals surface area contributed by atoms with E-state index in [0.717, 1.165) is 0 Å². The predicted octanol–water partition coefficient (Wildman–Crippen LogP) is 0.984. The second-order valence-corrected chi connectivity index (χ2v) is 2.66.